The zero-order valence-electron chi connectivity index (χ0n) is 13.7. The lowest BCUT2D eigenvalue weighted by atomic mass is 10.0. The summed E-state index contributed by atoms with van der Waals surface area (Å²) in [6.07, 6.45) is 4.25. The van der Waals surface area contributed by atoms with Gasteiger partial charge in [-0.3, -0.25) is 4.21 Å². The van der Waals surface area contributed by atoms with Crippen molar-refractivity contribution in [2.24, 2.45) is 0 Å². The molecule has 2 aromatic heterocycles. The van der Waals surface area contributed by atoms with Crippen molar-refractivity contribution in [3.8, 4) is 0 Å². The molecule has 4 rings (SSSR count). The smallest absolute Gasteiger partial charge is 0.178 e. The number of hydrogen-bond donors (Lipinski definition) is 0. The summed E-state index contributed by atoms with van der Waals surface area (Å²) < 4.78 is 14.3. The van der Waals surface area contributed by atoms with Gasteiger partial charge in [0.25, 0.3) is 0 Å². The van der Waals surface area contributed by atoms with Gasteiger partial charge in [-0.2, -0.15) is 4.52 Å². The van der Waals surface area contributed by atoms with Crippen LogP contribution < -0.4 is 4.90 Å². The number of rotatable bonds is 4. The molecule has 0 spiro atoms. The van der Waals surface area contributed by atoms with Crippen LogP contribution in [0.1, 0.15) is 51.3 Å². The molecule has 23 heavy (non-hydrogen) atoms. The van der Waals surface area contributed by atoms with Gasteiger partial charge in [-0.15, -0.1) is 15.3 Å². The first kappa shape index (κ1) is 15.1. The van der Waals surface area contributed by atoms with Gasteiger partial charge in [0.15, 0.2) is 11.5 Å². The molecule has 0 aromatic carbocycles. The Hall–Kier alpha value is -1.50. The van der Waals surface area contributed by atoms with Crippen LogP contribution in [0.4, 0.5) is 5.82 Å². The average Bonchev–Trinajstić information content (AvgIpc) is 3.34. The molecule has 3 heterocycles. The molecule has 1 aliphatic heterocycles. The lowest BCUT2D eigenvalue weighted by molar-refractivity contribution is 0.493. The van der Waals surface area contributed by atoms with Crippen molar-refractivity contribution in [1.29, 1.82) is 0 Å². The van der Waals surface area contributed by atoms with E-state index in [1.807, 2.05) is 16.6 Å². The van der Waals surface area contributed by atoms with Crippen molar-refractivity contribution in [3.05, 3.63) is 18.0 Å². The average molecular weight is 333 g/mol. The molecule has 6 nitrogen and oxygen atoms in total. The second-order valence-electron chi connectivity index (χ2n) is 6.66. The van der Waals surface area contributed by atoms with Gasteiger partial charge < -0.3 is 4.90 Å². The SMILES string of the molecule is CCC1(CC)CN(c2ccc3nnc(C4CC4)n3n2)CCS1=O. The molecule has 1 aliphatic carbocycles. The maximum atomic E-state index is 12.5. The molecular formula is C16H23N5OS. The molecular weight excluding hydrogens is 310 g/mol. The normalized spacial score (nSPS) is 24.3. The summed E-state index contributed by atoms with van der Waals surface area (Å²) in [4.78, 5) is 2.28. The first-order valence-corrected chi connectivity index (χ1v) is 9.84. The monoisotopic (exact) mass is 333 g/mol. The largest absolute Gasteiger partial charge is 0.353 e. The Morgan fingerprint density at radius 2 is 2.04 bits per heavy atom. The van der Waals surface area contributed by atoms with Crippen molar-refractivity contribution in [2.45, 2.75) is 50.2 Å². The van der Waals surface area contributed by atoms with Gasteiger partial charge in [-0.25, -0.2) is 0 Å². The van der Waals surface area contributed by atoms with E-state index in [-0.39, 0.29) is 4.75 Å². The van der Waals surface area contributed by atoms with E-state index in [4.69, 9.17) is 5.10 Å². The van der Waals surface area contributed by atoms with Crippen LogP contribution >= 0.6 is 0 Å². The third-order valence-corrected chi connectivity index (χ3v) is 7.56. The van der Waals surface area contributed by atoms with Crippen LogP contribution in [-0.4, -0.2) is 47.6 Å². The Labute approximate surface area is 138 Å². The van der Waals surface area contributed by atoms with Crippen LogP contribution in [0.3, 0.4) is 0 Å². The third kappa shape index (κ3) is 2.45. The van der Waals surface area contributed by atoms with Crippen LogP contribution in [0.2, 0.25) is 0 Å². The van der Waals surface area contributed by atoms with Crippen LogP contribution in [-0.2, 0) is 10.8 Å². The molecule has 7 heteroatoms. The summed E-state index contributed by atoms with van der Waals surface area (Å²) in [5.74, 6) is 3.17. The molecule has 0 radical (unpaired) electrons. The highest BCUT2D eigenvalue weighted by molar-refractivity contribution is 7.86. The molecule has 1 unspecified atom stereocenters. The number of nitrogens with zero attached hydrogens (tertiary/aromatic N) is 5. The van der Waals surface area contributed by atoms with E-state index in [2.05, 4.69) is 28.9 Å². The molecule has 2 aromatic rings. The highest BCUT2D eigenvalue weighted by Crippen LogP contribution is 2.39. The maximum Gasteiger partial charge on any atom is 0.178 e. The van der Waals surface area contributed by atoms with Gasteiger partial charge in [0.1, 0.15) is 5.82 Å². The van der Waals surface area contributed by atoms with Gasteiger partial charge >= 0.3 is 0 Å². The maximum absolute atomic E-state index is 12.5. The number of anilines is 1. The minimum absolute atomic E-state index is 0.110. The molecule has 124 valence electrons. The molecule has 2 aliphatic rings. The quantitative estimate of drug-likeness (QED) is 0.858. The molecule has 2 fully saturated rings. The van der Waals surface area contributed by atoms with E-state index in [9.17, 15) is 4.21 Å². The predicted molar refractivity (Wildman–Crippen MR) is 91.3 cm³/mol. The molecule has 0 bridgehead atoms. The summed E-state index contributed by atoms with van der Waals surface area (Å²) in [6, 6.07) is 4.01. The van der Waals surface area contributed by atoms with Gasteiger partial charge in [-0.05, 0) is 37.8 Å². The fourth-order valence-corrected chi connectivity index (χ4v) is 5.22. The first-order valence-electron chi connectivity index (χ1n) is 8.52. The van der Waals surface area contributed by atoms with E-state index in [0.717, 1.165) is 49.0 Å². The van der Waals surface area contributed by atoms with Gasteiger partial charge in [0.2, 0.25) is 0 Å². The summed E-state index contributed by atoms with van der Waals surface area (Å²) in [5, 5.41) is 13.3. The molecule has 1 saturated heterocycles. The third-order valence-electron chi connectivity index (χ3n) is 5.34. The Morgan fingerprint density at radius 1 is 1.26 bits per heavy atom. The van der Waals surface area contributed by atoms with Crippen LogP contribution in [0, 0.1) is 0 Å². The fraction of sp³-hybridized carbons (Fsp3) is 0.688. The van der Waals surface area contributed by atoms with Gasteiger partial charge in [0, 0.05) is 35.6 Å². The summed E-state index contributed by atoms with van der Waals surface area (Å²) in [5.41, 5.74) is 0.813. The Morgan fingerprint density at radius 3 is 2.74 bits per heavy atom. The van der Waals surface area contributed by atoms with E-state index in [0.29, 0.717) is 5.92 Å². The van der Waals surface area contributed by atoms with Crippen LogP contribution in [0.15, 0.2) is 12.1 Å². The second-order valence-corrected chi connectivity index (χ2v) is 8.62. The molecule has 1 atom stereocenters. The van der Waals surface area contributed by atoms with Crippen LogP contribution in [0.5, 0.6) is 0 Å². The standard InChI is InChI=1S/C16H23N5OS/c1-3-16(4-2)11-20(9-10-23(16)22)14-8-7-13-17-18-15(12-5-6-12)21(13)19-14/h7-8,12H,3-6,9-11H2,1-2H3. The number of fused-ring (bicyclic) bond motifs is 1. The van der Waals surface area contributed by atoms with Crippen molar-refractivity contribution in [3.63, 3.8) is 0 Å². The van der Waals surface area contributed by atoms with Crippen molar-refractivity contribution < 1.29 is 4.21 Å². The second kappa shape index (κ2) is 5.54. The predicted octanol–water partition coefficient (Wildman–Crippen LogP) is 2.13. The Kier molecular flexibility index (Phi) is 3.63. The summed E-state index contributed by atoms with van der Waals surface area (Å²) >= 11 is 0. The van der Waals surface area contributed by atoms with E-state index in [1.165, 1.54) is 12.8 Å². The first-order chi connectivity index (χ1) is 11.2. The highest BCUT2D eigenvalue weighted by atomic mass is 32.2. The minimum atomic E-state index is -0.753. The fourth-order valence-electron chi connectivity index (χ4n) is 3.46. The van der Waals surface area contributed by atoms with Crippen LogP contribution in [0.25, 0.3) is 5.65 Å². The van der Waals surface area contributed by atoms with E-state index < -0.39 is 10.8 Å². The van der Waals surface area contributed by atoms with Crippen molar-refractivity contribution >= 4 is 22.3 Å². The molecule has 0 N–H and O–H groups in total. The zero-order chi connectivity index (χ0) is 16.0. The summed E-state index contributed by atoms with van der Waals surface area (Å²) in [7, 11) is -0.753. The Balaban J connectivity index is 1.68. The lowest BCUT2D eigenvalue weighted by Crippen LogP contribution is -2.53. The number of aromatic nitrogens is 4. The lowest BCUT2D eigenvalue weighted by Gasteiger charge is -2.41. The topological polar surface area (TPSA) is 63.4 Å². The van der Waals surface area contributed by atoms with E-state index >= 15 is 0 Å². The van der Waals surface area contributed by atoms with Crippen molar-refractivity contribution in [2.75, 3.05) is 23.7 Å². The molecule has 1 saturated carbocycles. The summed E-state index contributed by atoms with van der Waals surface area (Å²) in [6.45, 7) is 5.90. The molecule has 0 amide bonds. The van der Waals surface area contributed by atoms with Gasteiger partial charge in [-0.1, -0.05) is 13.8 Å². The Bertz CT molecular complexity index is 750. The van der Waals surface area contributed by atoms with Gasteiger partial charge in [0.05, 0.1) is 4.75 Å². The van der Waals surface area contributed by atoms with E-state index in [1.54, 1.807) is 0 Å². The minimum Gasteiger partial charge on any atom is -0.353 e. The number of hydrogen-bond acceptors (Lipinski definition) is 5. The highest BCUT2D eigenvalue weighted by Gasteiger charge is 2.39. The zero-order valence-corrected chi connectivity index (χ0v) is 14.6. The van der Waals surface area contributed by atoms with Crippen molar-refractivity contribution in [1.82, 2.24) is 19.8 Å².